The normalized spacial score (nSPS) is 12.2. The minimum atomic E-state index is -6.09. The molecule has 0 spiro atoms. The Morgan fingerprint density at radius 2 is 1.65 bits per heavy atom. The molecule has 2 aromatic rings. The molecule has 2 rings (SSSR count). The zero-order valence-corrected chi connectivity index (χ0v) is 14.1. The van der Waals surface area contributed by atoms with Gasteiger partial charge in [0, 0.05) is 21.7 Å². The minimum absolute atomic E-state index is 0.219. The Morgan fingerprint density at radius 1 is 1.13 bits per heavy atom. The molecule has 9 heteroatoms. The van der Waals surface area contributed by atoms with Crippen LogP contribution in [0.1, 0.15) is 5.56 Å². The van der Waals surface area contributed by atoms with Gasteiger partial charge in [-0.05, 0) is 30.7 Å². The zero-order chi connectivity index (χ0) is 18.0. The third-order valence-electron chi connectivity index (χ3n) is 2.91. The number of hydrogen-bond donors (Lipinski definition) is 1. The summed E-state index contributed by atoms with van der Waals surface area (Å²) < 4.78 is 58.9. The molecule has 0 aliphatic heterocycles. The Labute approximate surface area is 135 Å². The first kappa shape index (κ1) is 19.6. The highest BCUT2D eigenvalue weighted by Gasteiger charge is 2.36. The first-order chi connectivity index (χ1) is 10.4. The molecule has 0 aromatic heterocycles. The van der Waals surface area contributed by atoms with Crippen LogP contribution in [0.5, 0.6) is 5.75 Å². The Balaban J connectivity index is 0.000000284. The summed E-state index contributed by atoms with van der Waals surface area (Å²) in [5.41, 5.74) is -4.51. The molecule has 0 saturated carbocycles. The van der Waals surface area contributed by atoms with Crippen LogP contribution in [-0.4, -0.2) is 36.1 Å². The van der Waals surface area contributed by atoms with E-state index in [9.17, 15) is 18.3 Å². The highest BCUT2D eigenvalue weighted by atomic mass is 32.2. The molecular formula is C14H15F3O4S2. The first-order valence-electron chi connectivity index (χ1n) is 6.17. The van der Waals surface area contributed by atoms with Crippen LogP contribution in [0.25, 0.3) is 10.8 Å². The van der Waals surface area contributed by atoms with Crippen molar-refractivity contribution < 1.29 is 31.2 Å². The number of halogens is 3. The van der Waals surface area contributed by atoms with Gasteiger partial charge < -0.3 is 9.66 Å². The van der Waals surface area contributed by atoms with Crippen molar-refractivity contribution in [1.82, 2.24) is 0 Å². The molecule has 4 nitrogen and oxygen atoms in total. The summed E-state index contributed by atoms with van der Waals surface area (Å²) in [7, 11) is -5.87. The van der Waals surface area contributed by atoms with Crippen molar-refractivity contribution >= 4 is 31.8 Å². The van der Waals surface area contributed by atoms with Gasteiger partial charge in [0.05, 0.1) is 0 Å². The van der Waals surface area contributed by atoms with Crippen LogP contribution < -0.4 is 0 Å². The lowest BCUT2D eigenvalue weighted by Crippen LogP contribution is -2.21. The van der Waals surface area contributed by atoms with Gasteiger partial charge in [-0.15, -0.1) is 0 Å². The van der Waals surface area contributed by atoms with Gasteiger partial charge in [-0.25, -0.2) is 8.42 Å². The van der Waals surface area contributed by atoms with Crippen molar-refractivity contribution in [3.63, 3.8) is 0 Å². The van der Waals surface area contributed by atoms with Crippen LogP contribution in [-0.2, 0) is 21.0 Å². The number of hydrogen-bond acceptors (Lipinski definition) is 4. The second-order valence-corrected chi connectivity index (χ2v) is 8.24. The van der Waals surface area contributed by atoms with Crippen LogP contribution in [0.4, 0.5) is 13.2 Å². The van der Waals surface area contributed by atoms with Gasteiger partial charge in [0.15, 0.2) is 15.0 Å². The SMILES string of the molecule is Cc1ccc([S+](C)C)c2cccc(O)c12.O=S(=O)([O-])C(F)(F)F. The van der Waals surface area contributed by atoms with E-state index in [1.807, 2.05) is 13.0 Å². The number of alkyl halides is 3. The van der Waals surface area contributed by atoms with Crippen LogP contribution >= 0.6 is 0 Å². The lowest BCUT2D eigenvalue weighted by molar-refractivity contribution is -0.0517. The van der Waals surface area contributed by atoms with Crippen molar-refractivity contribution in [3.8, 4) is 5.75 Å². The summed E-state index contributed by atoms with van der Waals surface area (Å²) in [6.45, 7) is 2.04. The summed E-state index contributed by atoms with van der Waals surface area (Å²) >= 11 is 0. The zero-order valence-electron chi connectivity index (χ0n) is 12.5. The van der Waals surface area contributed by atoms with Crippen molar-refractivity contribution in [3.05, 3.63) is 35.9 Å². The van der Waals surface area contributed by atoms with Gasteiger partial charge in [0.2, 0.25) is 0 Å². The molecule has 0 fully saturated rings. The molecule has 0 aliphatic rings. The van der Waals surface area contributed by atoms with E-state index >= 15 is 0 Å². The van der Waals surface area contributed by atoms with Crippen LogP contribution in [0.15, 0.2) is 35.2 Å². The van der Waals surface area contributed by atoms with E-state index in [1.165, 1.54) is 10.3 Å². The fourth-order valence-corrected chi connectivity index (χ4v) is 2.84. The second kappa shape index (κ2) is 6.98. The molecule has 0 aliphatic carbocycles. The van der Waals surface area contributed by atoms with Crippen molar-refractivity contribution in [2.75, 3.05) is 12.5 Å². The predicted octanol–water partition coefficient (Wildman–Crippen LogP) is 3.14. The largest absolute Gasteiger partial charge is 0.741 e. The molecule has 0 heterocycles. The van der Waals surface area contributed by atoms with Gasteiger partial charge in [-0.3, -0.25) is 0 Å². The van der Waals surface area contributed by atoms with Crippen LogP contribution in [0.3, 0.4) is 0 Å². The second-order valence-electron chi connectivity index (χ2n) is 4.80. The standard InChI is InChI=1S/C13H14OS.CHF3O3S/c1-9-7-8-12(15(2)3)10-5-4-6-11(14)13(9)10;2-1(3,4)8(5,6)7/h4-8H,1-3H3;(H,5,6,7). The summed E-state index contributed by atoms with van der Waals surface area (Å²) in [6, 6.07) is 10.0. The van der Waals surface area contributed by atoms with Gasteiger partial charge in [0.25, 0.3) is 0 Å². The van der Waals surface area contributed by atoms with E-state index in [-0.39, 0.29) is 10.9 Å². The number of rotatable bonds is 1. The van der Waals surface area contributed by atoms with Gasteiger partial charge in [-0.1, -0.05) is 12.1 Å². The molecule has 1 N–H and O–H groups in total. The number of phenols is 1. The smallest absolute Gasteiger partial charge is 0.485 e. The lowest BCUT2D eigenvalue weighted by atomic mass is 10.0. The average Bonchev–Trinajstić information content (AvgIpc) is 2.37. The number of aromatic hydroxyl groups is 1. The predicted molar refractivity (Wildman–Crippen MR) is 83.6 cm³/mol. The summed E-state index contributed by atoms with van der Waals surface area (Å²) in [4.78, 5) is 1.33. The Hall–Kier alpha value is -1.45. The van der Waals surface area contributed by atoms with Crippen LogP contribution in [0.2, 0.25) is 0 Å². The molecule has 0 bridgehead atoms. The maximum atomic E-state index is 10.7. The molecule has 0 saturated heterocycles. The maximum absolute atomic E-state index is 10.7. The fraction of sp³-hybridized carbons (Fsp3) is 0.286. The Kier molecular flexibility index (Phi) is 5.95. The molecule has 0 unspecified atom stereocenters. The van der Waals surface area contributed by atoms with Crippen molar-refractivity contribution in [2.24, 2.45) is 0 Å². The van der Waals surface area contributed by atoms with Crippen LogP contribution in [0, 0.1) is 6.92 Å². The summed E-state index contributed by atoms with van der Waals surface area (Å²) in [5.74, 6) is 0.386. The lowest BCUT2D eigenvalue weighted by Gasteiger charge is -2.08. The summed E-state index contributed by atoms with van der Waals surface area (Å²) in [6.07, 6.45) is 4.41. The molecule has 2 aromatic carbocycles. The van der Waals surface area contributed by atoms with Crippen molar-refractivity contribution in [1.29, 1.82) is 0 Å². The highest BCUT2D eigenvalue weighted by Crippen LogP contribution is 2.32. The topological polar surface area (TPSA) is 77.4 Å². The quantitative estimate of drug-likeness (QED) is 0.477. The first-order valence-corrected chi connectivity index (χ1v) is 9.62. The van der Waals surface area contributed by atoms with E-state index in [0.717, 1.165) is 10.9 Å². The van der Waals surface area contributed by atoms with E-state index in [2.05, 4.69) is 30.7 Å². The molecule has 0 radical (unpaired) electrons. The van der Waals surface area contributed by atoms with E-state index in [4.69, 9.17) is 13.0 Å². The van der Waals surface area contributed by atoms with Gasteiger partial charge in [0.1, 0.15) is 18.3 Å². The number of aryl methyl sites for hydroxylation is 1. The number of fused-ring (bicyclic) bond motifs is 1. The molecular weight excluding hydrogens is 353 g/mol. The monoisotopic (exact) mass is 368 g/mol. The minimum Gasteiger partial charge on any atom is -0.741 e. The van der Waals surface area contributed by atoms with Crippen molar-refractivity contribution in [2.45, 2.75) is 17.3 Å². The molecule has 0 amide bonds. The fourth-order valence-electron chi connectivity index (χ4n) is 1.89. The summed E-state index contributed by atoms with van der Waals surface area (Å²) in [5, 5.41) is 12.0. The Morgan fingerprint density at radius 3 is 2.09 bits per heavy atom. The van der Waals surface area contributed by atoms with Gasteiger partial charge >= 0.3 is 5.51 Å². The van der Waals surface area contributed by atoms with E-state index in [0.29, 0.717) is 5.75 Å². The number of phenolic OH excluding ortho intramolecular Hbond substituents is 1. The third-order valence-corrected chi connectivity index (χ3v) is 4.71. The molecule has 0 atom stereocenters. The van der Waals surface area contributed by atoms with E-state index in [1.54, 1.807) is 6.07 Å². The number of benzene rings is 2. The Bertz CT molecular complexity index is 791. The maximum Gasteiger partial charge on any atom is 0.485 e. The molecule has 128 valence electrons. The third kappa shape index (κ3) is 4.76. The van der Waals surface area contributed by atoms with Gasteiger partial charge in [-0.2, -0.15) is 13.2 Å². The molecule has 23 heavy (non-hydrogen) atoms. The van der Waals surface area contributed by atoms with E-state index < -0.39 is 15.6 Å². The highest BCUT2D eigenvalue weighted by molar-refractivity contribution is 7.95. The average molecular weight is 368 g/mol.